The molecule has 0 bridgehead atoms. The average Bonchev–Trinajstić information content (AvgIpc) is 2.87. The predicted octanol–water partition coefficient (Wildman–Crippen LogP) is 2.44. The maximum atomic E-state index is 12.9. The minimum absolute atomic E-state index is 0.000463. The molecular formula is C18H23NO3. The number of hydrogen-bond acceptors (Lipinski definition) is 3. The highest BCUT2D eigenvalue weighted by Gasteiger charge is 2.34. The Bertz CT molecular complexity index is 615. The smallest absolute Gasteiger partial charge is 0.254 e. The molecular weight excluding hydrogens is 278 g/mol. The van der Waals surface area contributed by atoms with E-state index in [2.05, 4.69) is 0 Å². The molecule has 1 saturated heterocycles. The summed E-state index contributed by atoms with van der Waals surface area (Å²) in [6, 6.07) is 5.44. The molecule has 1 heterocycles. The average molecular weight is 301 g/mol. The second kappa shape index (κ2) is 5.51. The molecule has 0 saturated carbocycles. The van der Waals surface area contributed by atoms with Crippen LogP contribution in [0.25, 0.3) is 0 Å². The number of piperidine rings is 1. The van der Waals surface area contributed by atoms with Crippen LogP contribution in [0, 0.1) is 5.92 Å². The summed E-state index contributed by atoms with van der Waals surface area (Å²) in [6.07, 6.45) is 3.03. The highest BCUT2D eigenvalue weighted by molar-refractivity contribution is 6.05. The molecule has 1 aliphatic carbocycles. The Kier molecular flexibility index (Phi) is 3.81. The number of fused-ring (bicyclic) bond motifs is 1. The van der Waals surface area contributed by atoms with Gasteiger partial charge in [-0.1, -0.05) is 12.1 Å². The number of rotatable bonds is 2. The number of aliphatic hydroxyl groups is 1. The van der Waals surface area contributed by atoms with Gasteiger partial charge in [0.25, 0.3) is 5.91 Å². The molecule has 2 aliphatic rings. The van der Waals surface area contributed by atoms with Crippen molar-refractivity contribution in [1.29, 1.82) is 0 Å². The number of Topliss-reactive ketones (excluding diaryl/α,β-unsaturated/α-hetero) is 1. The number of hydrogen-bond donors (Lipinski definition) is 1. The Morgan fingerprint density at radius 3 is 2.82 bits per heavy atom. The van der Waals surface area contributed by atoms with E-state index in [4.69, 9.17) is 0 Å². The topological polar surface area (TPSA) is 57.6 Å². The summed E-state index contributed by atoms with van der Waals surface area (Å²) < 4.78 is 0. The summed E-state index contributed by atoms with van der Waals surface area (Å²) in [6.45, 7) is 4.93. The zero-order valence-corrected chi connectivity index (χ0v) is 13.3. The van der Waals surface area contributed by atoms with E-state index in [1.165, 1.54) is 0 Å². The van der Waals surface area contributed by atoms with Crippen molar-refractivity contribution in [2.45, 2.75) is 45.1 Å². The quantitative estimate of drug-likeness (QED) is 0.913. The number of carbonyl (C=O) groups is 2. The molecule has 22 heavy (non-hydrogen) atoms. The van der Waals surface area contributed by atoms with Crippen LogP contribution in [0.1, 0.15) is 59.4 Å². The van der Waals surface area contributed by atoms with Gasteiger partial charge in [-0.15, -0.1) is 0 Å². The van der Waals surface area contributed by atoms with Crippen molar-refractivity contribution in [1.82, 2.24) is 4.90 Å². The summed E-state index contributed by atoms with van der Waals surface area (Å²) in [5, 5.41) is 10.2. The van der Waals surface area contributed by atoms with E-state index >= 15 is 0 Å². The van der Waals surface area contributed by atoms with Crippen molar-refractivity contribution in [3.8, 4) is 0 Å². The maximum Gasteiger partial charge on any atom is 0.254 e. The van der Waals surface area contributed by atoms with Crippen LogP contribution >= 0.6 is 0 Å². The number of carbonyl (C=O) groups excluding carboxylic acids is 2. The van der Waals surface area contributed by atoms with Gasteiger partial charge >= 0.3 is 0 Å². The first kappa shape index (κ1) is 15.2. The van der Waals surface area contributed by atoms with E-state index < -0.39 is 5.60 Å². The van der Waals surface area contributed by atoms with Crippen LogP contribution in [0.5, 0.6) is 0 Å². The van der Waals surface area contributed by atoms with E-state index in [1.807, 2.05) is 30.9 Å². The number of benzene rings is 1. The molecule has 1 fully saturated rings. The van der Waals surface area contributed by atoms with Crippen LogP contribution in [-0.2, 0) is 6.42 Å². The molecule has 0 spiro atoms. The molecule has 1 aromatic carbocycles. The number of likely N-dealkylation sites (tertiary alicyclic amines) is 1. The van der Waals surface area contributed by atoms with Crippen molar-refractivity contribution in [3.05, 3.63) is 34.9 Å². The van der Waals surface area contributed by atoms with E-state index in [-0.39, 0.29) is 17.6 Å². The zero-order chi connectivity index (χ0) is 15.9. The molecule has 1 N–H and O–H groups in total. The van der Waals surface area contributed by atoms with Crippen LogP contribution < -0.4 is 0 Å². The summed E-state index contributed by atoms with van der Waals surface area (Å²) in [5.41, 5.74) is 1.51. The summed E-state index contributed by atoms with van der Waals surface area (Å²) in [7, 11) is 0. The third kappa shape index (κ3) is 2.68. The molecule has 0 radical (unpaired) electrons. The second-order valence-electron chi connectivity index (χ2n) is 7.00. The van der Waals surface area contributed by atoms with Gasteiger partial charge in [0.05, 0.1) is 5.60 Å². The van der Waals surface area contributed by atoms with Gasteiger partial charge in [-0.3, -0.25) is 9.59 Å². The number of ketones is 1. The van der Waals surface area contributed by atoms with Crippen LogP contribution in [0.15, 0.2) is 18.2 Å². The Labute approximate surface area is 131 Å². The molecule has 0 aromatic heterocycles. The minimum atomic E-state index is -0.770. The van der Waals surface area contributed by atoms with Crippen molar-refractivity contribution in [2.24, 2.45) is 5.92 Å². The van der Waals surface area contributed by atoms with Gasteiger partial charge in [0, 0.05) is 36.6 Å². The predicted molar refractivity (Wildman–Crippen MR) is 84.0 cm³/mol. The van der Waals surface area contributed by atoms with E-state index in [9.17, 15) is 14.7 Å². The van der Waals surface area contributed by atoms with Crippen LogP contribution in [0.2, 0.25) is 0 Å². The monoisotopic (exact) mass is 301 g/mol. The van der Waals surface area contributed by atoms with Gasteiger partial charge < -0.3 is 10.0 Å². The first-order valence-corrected chi connectivity index (χ1v) is 8.04. The summed E-state index contributed by atoms with van der Waals surface area (Å²) in [4.78, 5) is 26.6. The van der Waals surface area contributed by atoms with Gasteiger partial charge in [0.15, 0.2) is 5.78 Å². The molecule has 1 atom stereocenters. The Balaban J connectivity index is 1.85. The Hall–Kier alpha value is -1.68. The van der Waals surface area contributed by atoms with Gasteiger partial charge in [-0.25, -0.2) is 0 Å². The second-order valence-corrected chi connectivity index (χ2v) is 7.00. The third-order valence-electron chi connectivity index (χ3n) is 5.02. The molecule has 4 nitrogen and oxygen atoms in total. The van der Waals surface area contributed by atoms with E-state index in [0.717, 1.165) is 24.9 Å². The van der Waals surface area contributed by atoms with Crippen molar-refractivity contribution in [3.63, 3.8) is 0 Å². The fourth-order valence-electron chi connectivity index (χ4n) is 3.60. The molecule has 1 aliphatic heterocycles. The van der Waals surface area contributed by atoms with Gasteiger partial charge in [0.2, 0.25) is 0 Å². The van der Waals surface area contributed by atoms with Crippen molar-refractivity contribution < 1.29 is 14.7 Å². The first-order valence-electron chi connectivity index (χ1n) is 8.04. The van der Waals surface area contributed by atoms with E-state index in [0.29, 0.717) is 30.5 Å². The standard InChI is InChI=1S/C18H23NO3/c1-18(2,22)12-5-4-10-19(11-12)17(21)15-7-3-6-14-13(15)8-9-16(14)20/h3,6-7,12,22H,4-5,8-11H2,1-2H3/t12-/m1/s1. The molecule has 1 aromatic rings. The normalized spacial score (nSPS) is 21.9. The lowest BCUT2D eigenvalue weighted by Crippen LogP contribution is -2.47. The van der Waals surface area contributed by atoms with E-state index in [1.54, 1.807) is 6.07 Å². The van der Waals surface area contributed by atoms with Gasteiger partial charge in [-0.05, 0) is 44.7 Å². The lowest BCUT2D eigenvalue weighted by molar-refractivity contribution is -0.0146. The summed E-state index contributed by atoms with van der Waals surface area (Å²) >= 11 is 0. The Morgan fingerprint density at radius 1 is 1.32 bits per heavy atom. The third-order valence-corrected chi connectivity index (χ3v) is 5.02. The maximum absolute atomic E-state index is 12.9. The molecule has 1 amide bonds. The molecule has 118 valence electrons. The first-order chi connectivity index (χ1) is 10.4. The summed E-state index contributed by atoms with van der Waals surface area (Å²) in [5.74, 6) is 0.238. The lowest BCUT2D eigenvalue weighted by atomic mass is 9.84. The fourth-order valence-corrected chi connectivity index (χ4v) is 3.60. The van der Waals surface area contributed by atoms with Gasteiger partial charge in [-0.2, -0.15) is 0 Å². The highest BCUT2D eigenvalue weighted by atomic mass is 16.3. The van der Waals surface area contributed by atoms with Crippen LogP contribution in [-0.4, -0.2) is 40.4 Å². The fraction of sp³-hybridized carbons (Fsp3) is 0.556. The Morgan fingerprint density at radius 2 is 2.09 bits per heavy atom. The zero-order valence-electron chi connectivity index (χ0n) is 13.3. The van der Waals surface area contributed by atoms with Crippen LogP contribution in [0.3, 0.4) is 0 Å². The van der Waals surface area contributed by atoms with Crippen molar-refractivity contribution in [2.75, 3.05) is 13.1 Å². The minimum Gasteiger partial charge on any atom is -0.390 e. The molecule has 3 rings (SSSR count). The number of nitrogens with zero attached hydrogens (tertiary/aromatic N) is 1. The number of amides is 1. The van der Waals surface area contributed by atoms with Crippen LogP contribution in [0.4, 0.5) is 0 Å². The lowest BCUT2D eigenvalue weighted by Gasteiger charge is -2.39. The largest absolute Gasteiger partial charge is 0.390 e. The molecule has 0 unspecified atom stereocenters. The SMILES string of the molecule is CC(C)(O)[C@@H]1CCCN(C(=O)c2cccc3c2CCC3=O)C1. The highest BCUT2D eigenvalue weighted by Crippen LogP contribution is 2.30. The molecule has 4 heteroatoms. The van der Waals surface area contributed by atoms with Crippen molar-refractivity contribution >= 4 is 11.7 Å². The van der Waals surface area contributed by atoms with Gasteiger partial charge in [0.1, 0.15) is 0 Å².